The molecular formula is C11H7N5O2S2. The molecule has 0 fully saturated rings. The molecule has 7 nitrogen and oxygen atoms in total. The molecule has 0 aliphatic rings. The van der Waals surface area contributed by atoms with Gasteiger partial charge in [-0.1, -0.05) is 12.1 Å². The number of nitrogens with two attached hydrogens (primary N) is 1. The maximum Gasteiger partial charge on any atom is 0.343 e. The molecule has 0 radical (unpaired) electrons. The number of aromatic nitrogens is 3. The Hall–Kier alpha value is -2.26. The minimum Gasteiger partial charge on any atom is -0.378 e. The summed E-state index contributed by atoms with van der Waals surface area (Å²) in [5, 5.41) is 11.2. The van der Waals surface area contributed by atoms with E-state index in [1.165, 1.54) is 17.7 Å². The molecule has 0 aliphatic heterocycles. The van der Waals surface area contributed by atoms with Crippen molar-refractivity contribution in [2.45, 2.75) is 9.37 Å². The fourth-order valence-corrected chi connectivity index (χ4v) is 3.65. The third-order valence-electron chi connectivity index (χ3n) is 2.46. The predicted molar refractivity (Wildman–Crippen MR) is 76.8 cm³/mol. The summed E-state index contributed by atoms with van der Waals surface area (Å²) in [6, 6.07) is 7.64. The Morgan fingerprint density at radius 2 is 2.10 bits per heavy atom. The van der Waals surface area contributed by atoms with E-state index in [2.05, 4.69) is 15.0 Å². The highest BCUT2D eigenvalue weighted by atomic mass is 32.2. The number of nitrogen functional groups attached to an aromatic ring is 1. The van der Waals surface area contributed by atoms with E-state index in [4.69, 9.17) is 5.73 Å². The zero-order valence-electron chi connectivity index (χ0n) is 9.89. The molecule has 0 atom stereocenters. The van der Waals surface area contributed by atoms with Crippen LogP contribution in [0, 0.1) is 10.1 Å². The topological polar surface area (TPSA) is 108 Å². The second-order valence-electron chi connectivity index (χ2n) is 3.72. The summed E-state index contributed by atoms with van der Waals surface area (Å²) in [4.78, 5) is 22.4. The maximum atomic E-state index is 11.0. The number of anilines is 1. The molecule has 9 heteroatoms. The summed E-state index contributed by atoms with van der Waals surface area (Å²) in [6.07, 6.45) is 1.21. The van der Waals surface area contributed by atoms with E-state index < -0.39 is 4.92 Å². The minimum atomic E-state index is -0.578. The molecule has 3 rings (SSSR count). The van der Waals surface area contributed by atoms with Crippen LogP contribution in [-0.4, -0.2) is 19.9 Å². The van der Waals surface area contributed by atoms with Crippen LogP contribution in [0.2, 0.25) is 0 Å². The molecule has 100 valence electrons. The van der Waals surface area contributed by atoms with E-state index >= 15 is 0 Å². The van der Waals surface area contributed by atoms with E-state index in [9.17, 15) is 10.1 Å². The van der Waals surface area contributed by atoms with Gasteiger partial charge in [0.25, 0.3) is 0 Å². The highest BCUT2D eigenvalue weighted by Gasteiger charge is 2.22. The van der Waals surface area contributed by atoms with Crippen LogP contribution in [0.25, 0.3) is 10.2 Å². The first-order valence-electron chi connectivity index (χ1n) is 5.43. The molecular weight excluding hydrogens is 298 g/mol. The molecule has 0 amide bonds. The van der Waals surface area contributed by atoms with E-state index in [-0.39, 0.29) is 16.5 Å². The Labute approximate surface area is 121 Å². The molecule has 2 heterocycles. The van der Waals surface area contributed by atoms with E-state index in [0.717, 1.165) is 22.0 Å². The SMILES string of the molecule is Nc1ncnc(Sc2nc3ccccc3s2)c1[N+](=O)[O-]. The lowest BCUT2D eigenvalue weighted by molar-refractivity contribution is -0.387. The van der Waals surface area contributed by atoms with Gasteiger partial charge in [0.1, 0.15) is 6.33 Å². The summed E-state index contributed by atoms with van der Waals surface area (Å²) < 4.78 is 1.69. The van der Waals surface area contributed by atoms with Gasteiger partial charge in [-0.2, -0.15) is 0 Å². The molecule has 0 bridgehead atoms. The number of para-hydroxylation sites is 1. The van der Waals surface area contributed by atoms with Gasteiger partial charge in [0.2, 0.25) is 5.82 Å². The predicted octanol–water partition coefficient (Wildman–Crippen LogP) is 2.73. The van der Waals surface area contributed by atoms with Gasteiger partial charge in [-0.05, 0) is 23.9 Å². The number of nitro groups is 1. The number of nitrogens with zero attached hydrogens (tertiary/aromatic N) is 4. The Morgan fingerprint density at radius 3 is 2.85 bits per heavy atom. The van der Waals surface area contributed by atoms with Gasteiger partial charge >= 0.3 is 5.69 Å². The number of rotatable bonds is 3. The summed E-state index contributed by atoms with van der Waals surface area (Å²) in [7, 11) is 0. The van der Waals surface area contributed by atoms with Gasteiger partial charge in [0, 0.05) is 0 Å². The van der Waals surface area contributed by atoms with Crippen LogP contribution in [-0.2, 0) is 0 Å². The van der Waals surface area contributed by atoms with Crippen LogP contribution in [0.3, 0.4) is 0 Å². The standard InChI is InChI=1S/C11H7N5O2S2/c12-9-8(16(17)18)10(14-5-13-9)20-11-15-6-3-1-2-4-7(6)19-11/h1-5H,(H2,12,13,14). The third kappa shape index (κ3) is 2.28. The monoisotopic (exact) mass is 305 g/mol. The van der Waals surface area contributed by atoms with Gasteiger partial charge in [-0.3, -0.25) is 10.1 Å². The van der Waals surface area contributed by atoms with Crippen molar-refractivity contribution in [2.24, 2.45) is 0 Å². The fraction of sp³-hybridized carbons (Fsp3) is 0. The Morgan fingerprint density at radius 1 is 1.30 bits per heavy atom. The van der Waals surface area contributed by atoms with Crippen LogP contribution in [0.1, 0.15) is 0 Å². The summed E-state index contributed by atoms with van der Waals surface area (Å²) >= 11 is 2.56. The average Bonchev–Trinajstić information content (AvgIpc) is 2.80. The second kappa shape index (κ2) is 5.02. The summed E-state index contributed by atoms with van der Waals surface area (Å²) in [5.74, 6) is -0.145. The number of hydrogen-bond donors (Lipinski definition) is 1. The van der Waals surface area contributed by atoms with Gasteiger partial charge in [-0.15, -0.1) is 11.3 Å². The smallest absolute Gasteiger partial charge is 0.343 e. The summed E-state index contributed by atoms with van der Waals surface area (Å²) in [5.41, 5.74) is 6.10. The average molecular weight is 305 g/mol. The number of fused-ring (bicyclic) bond motifs is 1. The normalized spacial score (nSPS) is 10.8. The lowest BCUT2D eigenvalue weighted by atomic mass is 10.3. The van der Waals surface area contributed by atoms with Crippen LogP contribution in [0.15, 0.2) is 40.0 Å². The van der Waals surface area contributed by atoms with Crippen molar-refractivity contribution in [3.8, 4) is 0 Å². The highest BCUT2D eigenvalue weighted by Crippen LogP contribution is 2.38. The molecule has 0 unspecified atom stereocenters. The molecule has 0 saturated carbocycles. The van der Waals surface area contributed by atoms with Crippen molar-refractivity contribution >= 4 is 44.8 Å². The molecule has 0 saturated heterocycles. The molecule has 0 aliphatic carbocycles. The molecule has 1 aromatic carbocycles. The van der Waals surface area contributed by atoms with E-state index in [0.29, 0.717) is 4.34 Å². The van der Waals surface area contributed by atoms with Crippen molar-refractivity contribution in [2.75, 3.05) is 5.73 Å². The number of benzene rings is 1. The van der Waals surface area contributed by atoms with Crippen LogP contribution in [0.4, 0.5) is 11.5 Å². The molecule has 0 spiro atoms. The van der Waals surface area contributed by atoms with E-state index in [1.807, 2.05) is 24.3 Å². The minimum absolute atomic E-state index is 0.145. The Kier molecular flexibility index (Phi) is 3.20. The zero-order chi connectivity index (χ0) is 14.1. The molecule has 3 aromatic rings. The number of hydrogen-bond acceptors (Lipinski definition) is 8. The Bertz CT molecular complexity index is 771. The molecule has 2 aromatic heterocycles. The fourth-order valence-electron chi connectivity index (χ4n) is 1.60. The highest BCUT2D eigenvalue weighted by molar-refractivity contribution is 8.01. The quantitative estimate of drug-likeness (QED) is 0.450. The lowest BCUT2D eigenvalue weighted by Crippen LogP contribution is -2.01. The van der Waals surface area contributed by atoms with Crippen molar-refractivity contribution in [3.63, 3.8) is 0 Å². The first kappa shape index (κ1) is 12.8. The largest absolute Gasteiger partial charge is 0.378 e. The maximum absolute atomic E-state index is 11.0. The van der Waals surface area contributed by atoms with Crippen molar-refractivity contribution < 1.29 is 4.92 Å². The Balaban J connectivity index is 2.02. The van der Waals surface area contributed by atoms with Crippen molar-refractivity contribution in [3.05, 3.63) is 40.7 Å². The zero-order valence-corrected chi connectivity index (χ0v) is 11.5. The van der Waals surface area contributed by atoms with Gasteiger partial charge in [0.15, 0.2) is 9.37 Å². The van der Waals surface area contributed by atoms with Crippen LogP contribution < -0.4 is 5.73 Å². The molecule has 2 N–H and O–H groups in total. The third-order valence-corrected chi connectivity index (χ3v) is 4.55. The first-order chi connectivity index (χ1) is 9.65. The second-order valence-corrected chi connectivity index (χ2v) is 5.99. The number of thiazole rings is 1. The summed E-state index contributed by atoms with van der Waals surface area (Å²) in [6.45, 7) is 0. The van der Waals surface area contributed by atoms with Crippen LogP contribution in [0.5, 0.6) is 0 Å². The van der Waals surface area contributed by atoms with E-state index in [1.54, 1.807) is 0 Å². The van der Waals surface area contributed by atoms with Crippen LogP contribution >= 0.6 is 23.1 Å². The molecule has 20 heavy (non-hydrogen) atoms. The van der Waals surface area contributed by atoms with Gasteiger partial charge in [-0.25, -0.2) is 15.0 Å². The van der Waals surface area contributed by atoms with Gasteiger partial charge in [0.05, 0.1) is 15.1 Å². The lowest BCUT2D eigenvalue weighted by Gasteiger charge is -2.00. The van der Waals surface area contributed by atoms with Crippen molar-refractivity contribution in [1.82, 2.24) is 15.0 Å². The van der Waals surface area contributed by atoms with Gasteiger partial charge < -0.3 is 5.73 Å². The van der Waals surface area contributed by atoms with Crippen molar-refractivity contribution in [1.29, 1.82) is 0 Å². The first-order valence-corrected chi connectivity index (χ1v) is 7.07.